The standard InChI is InChI=1S/C17H23FN2O.ClH/c18-14-7-5-13(6-8-14)17(9-1-2-10-17)16(21)20-15-4-3-11-19-12-15;/h5-8,15,19H,1-4,9-12H2,(H,20,21);1H/t15-;/m0./s1. The number of hydrogen-bond donors (Lipinski definition) is 2. The molecule has 1 aromatic carbocycles. The van der Waals surface area contributed by atoms with E-state index >= 15 is 0 Å². The van der Waals surface area contributed by atoms with Gasteiger partial charge in [-0.1, -0.05) is 25.0 Å². The van der Waals surface area contributed by atoms with Crippen molar-refractivity contribution < 1.29 is 9.18 Å². The van der Waals surface area contributed by atoms with Gasteiger partial charge < -0.3 is 10.6 Å². The van der Waals surface area contributed by atoms with E-state index in [2.05, 4.69) is 10.6 Å². The summed E-state index contributed by atoms with van der Waals surface area (Å²) in [5, 5.41) is 6.55. The highest BCUT2D eigenvalue weighted by molar-refractivity contribution is 5.88. The van der Waals surface area contributed by atoms with Gasteiger partial charge in [-0.3, -0.25) is 4.79 Å². The van der Waals surface area contributed by atoms with Crippen LogP contribution in [-0.4, -0.2) is 25.0 Å². The van der Waals surface area contributed by atoms with Crippen LogP contribution in [-0.2, 0) is 10.2 Å². The fourth-order valence-corrected chi connectivity index (χ4v) is 3.69. The highest BCUT2D eigenvalue weighted by Gasteiger charge is 2.43. The first-order chi connectivity index (χ1) is 10.2. The van der Waals surface area contributed by atoms with Gasteiger partial charge in [-0.25, -0.2) is 4.39 Å². The van der Waals surface area contributed by atoms with Crippen LogP contribution in [0.3, 0.4) is 0 Å². The van der Waals surface area contributed by atoms with Crippen molar-refractivity contribution in [2.75, 3.05) is 13.1 Å². The van der Waals surface area contributed by atoms with Crippen molar-refractivity contribution in [3.63, 3.8) is 0 Å². The van der Waals surface area contributed by atoms with Crippen LogP contribution >= 0.6 is 12.4 Å². The van der Waals surface area contributed by atoms with E-state index < -0.39 is 5.41 Å². The topological polar surface area (TPSA) is 41.1 Å². The van der Waals surface area contributed by atoms with Gasteiger partial charge in [0, 0.05) is 12.6 Å². The Kier molecular flexibility index (Phi) is 5.81. The summed E-state index contributed by atoms with van der Waals surface area (Å²) >= 11 is 0. The number of carbonyl (C=O) groups excluding carboxylic acids is 1. The number of halogens is 2. The maximum atomic E-state index is 13.2. The molecular formula is C17H24ClFN2O. The van der Waals surface area contributed by atoms with Gasteiger partial charge in [0.05, 0.1) is 5.41 Å². The van der Waals surface area contributed by atoms with Crippen molar-refractivity contribution in [1.29, 1.82) is 0 Å². The molecule has 2 aliphatic rings. The fourth-order valence-electron chi connectivity index (χ4n) is 3.69. The number of rotatable bonds is 3. The average molecular weight is 327 g/mol. The van der Waals surface area contributed by atoms with E-state index in [0.29, 0.717) is 0 Å². The summed E-state index contributed by atoms with van der Waals surface area (Å²) in [6.45, 7) is 1.89. The first kappa shape index (κ1) is 17.2. The molecule has 0 bridgehead atoms. The third-order valence-electron chi connectivity index (χ3n) is 4.92. The second-order valence-electron chi connectivity index (χ2n) is 6.31. The van der Waals surface area contributed by atoms with Crippen LogP contribution in [0.5, 0.6) is 0 Å². The van der Waals surface area contributed by atoms with Gasteiger partial charge in [0.2, 0.25) is 5.91 Å². The summed E-state index contributed by atoms with van der Waals surface area (Å²) in [7, 11) is 0. The van der Waals surface area contributed by atoms with Crippen molar-refractivity contribution >= 4 is 18.3 Å². The number of amides is 1. The minimum Gasteiger partial charge on any atom is -0.351 e. The molecule has 22 heavy (non-hydrogen) atoms. The number of benzene rings is 1. The number of hydrogen-bond acceptors (Lipinski definition) is 2. The Labute approximate surface area is 137 Å². The van der Waals surface area contributed by atoms with Crippen LogP contribution in [0.15, 0.2) is 24.3 Å². The average Bonchev–Trinajstić information content (AvgIpc) is 3.00. The van der Waals surface area contributed by atoms with Crippen LogP contribution in [0, 0.1) is 5.82 Å². The molecule has 0 radical (unpaired) electrons. The van der Waals surface area contributed by atoms with Crippen molar-refractivity contribution in [1.82, 2.24) is 10.6 Å². The first-order valence-electron chi connectivity index (χ1n) is 7.98. The second-order valence-corrected chi connectivity index (χ2v) is 6.31. The third kappa shape index (κ3) is 3.44. The van der Waals surface area contributed by atoms with E-state index in [1.54, 1.807) is 12.1 Å². The molecule has 1 heterocycles. The Balaban J connectivity index is 0.00000176. The van der Waals surface area contributed by atoms with Crippen LogP contribution in [0.25, 0.3) is 0 Å². The maximum absolute atomic E-state index is 13.2. The maximum Gasteiger partial charge on any atom is 0.230 e. The Hall–Kier alpha value is -1.13. The van der Waals surface area contributed by atoms with Gasteiger partial charge in [-0.2, -0.15) is 0 Å². The van der Waals surface area contributed by atoms with Crippen molar-refractivity contribution in [3.05, 3.63) is 35.6 Å². The smallest absolute Gasteiger partial charge is 0.230 e. The predicted molar refractivity (Wildman–Crippen MR) is 87.8 cm³/mol. The number of piperidine rings is 1. The molecule has 1 saturated carbocycles. The summed E-state index contributed by atoms with van der Waals surface area (Å²) in [6.07, 6.45) is 6.00. The molecule has 0 aromatic heterocycles. The fraction of sp³-hybridized carbons (Fsp3) is 0.588. The Morgan fingerprint density at radius 1 is 1.18 bits per heavy atom. The summed E-state index contributed by atoms with van der Waals surface area (Å²) in [6, 6.07) is 6.71. The molecule has 1 amide bonds. The SMILES string of the molecule is Cl.O=C(N[C@H]1CCCNC1)C1(c2ccc(F)cc2)CCCC1. The minimum atomic E-state index is -0.453. The van der Waals surface area contributed by atoms with E-state index in [-0.39, 0.29) is 30.2 Å². The lowest BCUT2D eigenvalue weighted by molar-refractivity contribution is -0.127. The summed E-state index contributed by atoms with van der Waals surface area (Å²) < 4.78 is 13.2. The number of nitrogens with one attached hydrogen (secondary N) is 2. The summed E-state index contributed by atoms with van der Waals surface area (Å²) in [5.74, 6) is -0.121. The van der Waals surface area contributed by atoms with E-state index in [9.17, 15) is 9.18 Å². The Bertz CT molecular complexity index is 494. The van der Waals surface area contributed by atoms with Crippen LogP contribution < -0.4 is 10.6 Å². The Morgan fingerprint density at radius 3 is 2.45 bits per heavy atom. The molecule has 1 aromatic rings. The lowest BCUT2D eigenvalue weighted by Gasteiger charge is -2.32. The lowest BCUT2D eigenvalue weighted by Crippen LogP contribution is -2.51. The quantitative estimate of drug-likeness (QED) is 0.896. The Morgan fingerprint density at radius 2 is 1.86 bits per heavy atom. The predicted octanol–water partition coefficient (Wildman–Crippen LogP) is 2.93. The third-order valence-corrected chi connectivity index (χ3v) is 4.92. The minimum absolute atomic E-state index is 0. The molecule has 1 aliphatic heterocycles. The van der Waals surface area contributed by atoms with Gasteiger partial charge in [0.1, 0.15) is 5.82 Å². The zero-order chi connectivity index (χ0) is 14.7. The zero-order valence-corrected chi connectivity index (χ0v) is 13.6. The normalized spacial score (nSPS) is 23.6. The molecule has 3 nitrogen and oxygen atoms in total. The zero-order valence-electron chi connectivity index (χ0n) is 12.7. The molecule has 5 heteroatoms. The van der Waals surface area contributed by atoms with Crippen molar-refractivity contribution in [3.8, 4) is 0 Å². The van der Waals surface area contributed by atoms with Gasteiger partial charge in [-0.15, -0.1) is 12.4 Å². The van der Waals surface area contributed by atoms with Gasteiger partial charge in [0.15, 0.2) is 0 Å². The highest BCUT2D eigenvalue weighted by Crippen LogP contribution is 2.41. The first-order valence-corrected chi connectivity index (χ1v) is 7.98. The molecule has 1 aliphatic carbocycles. The molecule has 122 valence electrons. The van der Waals surface area contributed by atoms with Gasteiger partial charge in [0.25, 0.3) is 0 Å². The van der Waals surface area contributed by atoms with Crippen LogP contribution in [0.1, 0.15) is 44.1 Å². The summed E-state index contributed by atoms with van der Waals surface area (Å²) in [5.41, 5.74) is 0.508. The second kappa shape index (κ2) is 7.42. The largest absolute Gasteiger partial charge is 0.351 e. The highest BCUT2D eigenvalue weighted by atomic mass is 35.5. The van der Waals surface area contributed by atoms with Crippen molar-refractivity contribution in [2.24, 2.45) is 0 Å². The van der Waals surface area contributed by atoms with Crippen LogP contribution in [0.2, 0.25) is 0 Å². The molecule has 3 rings (SSSR count). The lowest BCUT2D eigenvalue weighted by atomic mass is 9.77. The van der Waals surface area contributed by atoms with E-state index in [0.717, 1.165) is 57.2 Å². The molecule has 2 fully saturated rings. The van der Waals surface area contributed by atoms with E-state index in [1.807, 2.05) is 0 Å². The molecule has 2 N–H and O–H groups in total. The molecule has 1 atom stereocenters. The number of carbonyl (C=O) groups is 1. The van der Waals surface area contributed by atoms with Gasteiger partial charge in [-0.05, 0) is 49.9 Å². The summed E-state index contributed by atoms with van der Waals surface area (Å²) in [4.78, 5) is 12.9. The van der Waals surface area contributed by atoms with Gasteiger partial charge >= 0.3 is 0 Å². The van der Waals surface area contributed by atoms with E-state index in [4.69, 9.17) is 0 Å². The van der Waals surface area contributed by atoms with Crippen molar-refractivity contribution in [2.45, 2.75) is 50.0 Å². The monoisotopic (exact) mass is 326 g/mol. The molecule has 1 saturated heterocycles. The molecule has 0 unspecified atom stereocenters. The molecule has 0 spiro atoms. The van der Waals surface area contributed by atoms with Crippen LogP contribution in [0.4, 0.5) is 4.39 Å². The van der Waals surface area contributed by atoms with E-state index in [1.165, 1.54) is 12.1 Å². The molecular weight excluding hydrogens is 303 g/mol.